The molecule has 0 aliphatic heterocycles. The first-order valence-electron chi connectivity index (χ1n) is 4.88. The minimum atomic E-state index is -0.647. The van der Waals surface area contributed by atoms with Crippen LogP contribution in [0.3, 0.4) is 0 Å². The molecule has 6 heteroatoms. The molecular weight excluding hydrogens is 311 g/mol. The first-order valence-corrected chi connectivity index (χ1v) is 6.55. The molecule has 1 heterocycles. The maximum Gasteiger partial charge on any atom is 0.314 e. The van der Waals surface area contributed by atoms with Gasteiger partial charge in [-0.05, 0) is 36.7 Å². The fourth-order valence-corrected chi connectivity index (χ4v) is 2.45. The van der Waals surface area contributed by atoms with Crippen molar-refractivity contribution in [1.82, 2.24) is 0 Å². The Hall–Kier alpha value is -0.750. The third kappa shape index (κ3) is 4.20. The van der Waals surface area contributed by atoms with Crippen LogP contribution in [0.2, 0.25) is 0 Å². The van der Waals surface area contributed by atoms with E-state index in [1.165, 1.54) is 5.38 Å². The fourth-order valence-electron chi connectivity index (χ4n) is 1.10. The van der Waals surface area contributed by atoms with E-state index < -0.39 is 29.6 Å². The quantitative estimate of drug-likeness (QED) is 0.485. The minimum Gasteiger partial charge on any atom is -0.460 e. The van der Waals surface area contributed by atoms with Crippen molar-refractivity contribution in [2.45, 2.75) is 32.8 Å². The van der Waals surface area contributed by atoms with Gasteiger partial charge in [-0.2, -0.15) is 0 Å². The summed E-state index contributed by atoms with van der Waals surface area (Å²) >= 11 is 3.93. The number of Topliss-reactive ketones (excluding diaryl/α,β-unsaturated/α-hetero) is 1. The van der Waals surface area contributed by atoms with Crippen molar-refractivity contribution in [1.29, 1.82) is 0 Å². The van der Waals surface area contributed by atoms with Gasteiger partial charge in [0.05, 0.1) is 4.47 Å². The molecule has 0 bridgehead atoms. The monoisotopic (exact) mass is 322 g/mol. The molecule has 0 aliphatic rings. The van der Waals surface area contributed by atoms with Gasteiger partial charge in [0.1, 0.15) is 16.9 Å². The lowest BCUT2D eigenvalue weighted by Gasteiger charge is -2.18. The van der Waals surface area contributed by atoms with E-state index in [0.29, 0.717) is 0 Å². The summed E-state index contributed by atoms with van der Waals surface area (Å²) in [6, 6.07) is 0. The summed E-state index contributed by atoms with van der Waals surface area (Å²) in [6.07, 6.45) is -0.443. The standard InChI is InChI=1S/C11H12BrFO3S/c1-11(2,3)16-8(15)4-7(14)10-9(13)6(12)5-17-10/h5H,4H2,1-3H3. The van der Waals surface area contributed by atoms with Crippen molar-refractivity contribution < 1.29 is 18.7 Å². The van der Waals surface area contributed by atoms with E-state index in [1.807, 2.05) is 0 Å². The van der Waals surface area contributed by atoms with E-state index >= 15 is 0 Å². The zero-order valence-corrected chi connectivity index (χ0v) is 12.1. The van der Waals surface area contributed by atoms with E-state index in [1.54, 1.807) is 20.8 Å². The van der Waals surface area contributed by atoms with Crippen LogP contribution in [0, 0.1) is 5.82 Å². The number of esters is 1. The predicted molar refractivity (Wildman–Crippen MR) is 66.8 cm³/mol. The molecule has 0 radical (unpaired) electrons. The van der Waals surface area contributed by atoms with Crippen LogP contribution in [0.25, 0.3) is 0 Å². The molecule has 1 aromatic heterocycles. The largest absolute Gasteiger partial charge is 0.460 e. The molecule has 0 atom stereocenters. The normalized spacial score (nSPS) is 11.4. The van der Waals surface area contributed by atoms with E-state index in [4.69, 9.17) is 4.74 Å². The van der Waals surface area contributed by atoms with Crippen LogP contribution in [0.5, 0.6) is 0 Å². The summed E-state index contributed by atoms with van der Waals surface area (Å²) < 4.78 is 18.6. The molecule has 0 unspecified atom stereocenters. The lowest BCUT2D eigenvalue weighted by atomic mass is 10.2. The SMILES string of the molecule is CC(C)(C)OC(=O)CC(=O)c1scc(Br)c1F. The fraction of sp³-hybridized carbons (Fsp3) is 0.455. The van der Waals surface area contributed by atoms with Crippen LogP contribution in [0.1, 0.15) is 36.9 Å². The van der Waals surface area contributed by atoms with E-state index in [-0.39, 0.29) is 9.35 Å². The smallest absolute Gasteiger partial charge is 0.314 e. The van der Waals surface area contributed by atoms with Gasteiger partial charge < -0.3 is 4.74 Å². The van der Waals surface area contributed by atoms with Crippen molar-refractivity contribution in [2.75, 3.05) is 0 Å². The number of hydrogen-bond acceptors (Lipinski definition) is 4. The second-order valence-corrected chi connectivity index (χ2v) is 6.15. The summed E-state index contributed by atoms with van der Waals surface area (Å²) in [4.78, 5) is 23.0. The van der Waals surface area contributed by atoms with Crippen LogP contribution in [0.4, 0.5) is 4.39 Å². The van der Waals surface area contributed by atoms with E-state index in [2.05, 4.69) is 15.9 Å². The van der Waals surface area contributed by atoms with Crippen molar-refractivity contribution in [3.05, 3.63) is 20.5 Å². The number of ketones is 1. The van der Waals surface area contributed by atoms with Gasteiger partial charge in [0, 0.05) is 5.38 Å². The Morgan fingerprint density at radius 1 is 1.47 bits per heavy atom. The number of halogens is 2. The number of ether oxygens (including phenoxy) is 1. The van der Waals surface area contributed by atoms with Crippen molar-refractivity contribution in [3.63, 3.8) is 0 Å². The molecule has 0 fully saturated rings. The highest BCUT2D eigenvalue weighted by atomic mass is 79.9. The predicted octanol–water partition coefficient (Wildman–Crippen LogP) is 3.56. The molecule has 1 aromatic rings. The highest BCUT2D eigenvalue weighted by Gasteiger charge is 2.23. The molecule has 0 saturated heterocycles. The highest BCUT2D eigenvalue weighted by Crippen LogP contribution is 2.26. The molecule has 0 saturated carbocycles. The topological polar surface area (TPSA) is 43.4 Å². The van der Waals surface area contributed by atoms with Crippen molar-refractivity contribution >= 4 is 39.0 Å². The molecule has 0 spiro atoms. The molecule has 17 heavy (non-hydrogen) atoms. The molecule has 94 valence electrons. The van der Waals surface area contributed by atoms with Crippen LogP contribution in [-0.4, -0.2) is 17.4 Å². The summed E-state index contributed by atoms with van der Waals surface area (Å²) in [5.41, 5.74) is -0.647. The lowest BCUT2D eigenvalue weighted by molar-refractivity contribution is -0.153. The number of hydrogen-bond donors (Lipinski definition) is 0. The Morgan fingerprint density at radius 2 is 2.06 bits per heavy atom. The third-order valence-electron chi connectivity index (χ3n) is 1.67. The maximum absolute atomic E-state index is 13.4. The summed E-state index contributed by atoms with van der Waals surface area (Å²) in [5, 5.41) is 1.47. The average Bonchev–Trinajstić information content (AvgIpc) is 2.44. The Morgan fingerprint density at radius 3 is 2.47 bits per heavy atom. The van der Waals surface area contributed by atoms with Gasteiger partial charge in [-0.15, -0.1) is 11.3 Å². The Kier molecular flexibility index (Phi) is 4.43. The van der Waals surface area contributed by atoms with Gasteiger partial charge in [-0.3, -0.25) is 9.59 Å². The van der Waals surface area contributed by atoms with Crippen LogP contribution in [0.15, 0.2) is 9.85 Å². The molecule has 3 nitrogen and oxygen atoms in total. The minimum absolute atomic E-state index is 0.0530. The van der Waals surface area contributed by atoms with E-state index in [9.17, 15) is 14.0 Å². The second kappa shape index (κ2) is 5.27. The summed E-state index contributed by atoms with van der Waals surface area (Å²) in [5.74, 6) is -1.83. The van der Waals surface area contributed by atoms with Gasteiger partial charge >= 0.3 is 5.97 Å². The number of thiophene rings is 1. The zero-order valence-electron chi connectivity index (χ0n) is 9.67. The Labute approximate surface area is 111 Å². The summed E-state index contributed by atoms with van der Waals surface area (Å²) in [6.45, 7) is 5.12. The van der Waals surface area contributed by atoms with Crippen LogP contribution in [-0.2, 0) is 9.53 Å². The molecule has 0 N–H and O–H groups in total. The van der Waals surface area contributed by atoms with Crippen LogP contribution < -0.4 is 0 Å². The maximum atomic E-state index is 13.4. The lowest BCUT2D eigenvalue weighted by Crippen LogP contribution is -2.25. The van der Waals surface area contributed by atoms with Gasteiger partial charge in [0.25, 0.3) is 0 Å². The number of carbonyl (C=O) groups excluding carboxylic acids is 2. The molecule has 0 amide bonds. The molecule has 0 aromatic carbocycles. The van der Waals surface area contributed by atoms with Crippen LogP contribution >= 0.6 is 27.3 Å². The van der Waals surface area contributed by atoms with Gasteiger partial charge in [-0.1, -0.05) is 0 Å². The average molecular weight is 323 g/mol. The van der Waals surface area contributed by atoms with E-state index in [0.717, 1.165) is 11.3 Å². The zero-order chi connectivity index (χ0) is 13.2. The Bertz CT molecular complexity index is 448. The Balaban J connectivity index is 2.68. The molecule has 1 rings (SSSR count). The van der Waals surface area contributed by atoms with Crippen molar-refractivity contribution in [2.24, 2.45) is 0 Å². The number of rotatable bonds is 3. The summed E-state index contributed by atoms with van der Waals surface area (Å²) in [7, 11) is 0. The molecular formula is C11H12BrFO3S. The number of carbonyl (C=O) groups is 2. The van der Waals surface area contributed by atoms with Gasteiger partial charge in [0.15, 0.2) is 11.6 Å². The first-order chi connectivity index (χ1) is 7.70. The molecule has 0 aliphatic carbocycles. The first kappa shape index (κ1) is 14.3. The highest BCUT2D eigenvalue weighted by molar-refractivity contribution is 9.10. The van der Waals surface area contributed by atoms with Crippen molar-refractivity contribution in [3.8, 4) is 0 Å². The third-order valence-corrected chi connectivity index (χ3v) is 3.54. The second-order valence-electron chi connectivity index (χ2n) is 4.41. The van der Waals surface area contributed by atoms with Gasteiger partial charge in [-0.25, -0.2) is 4.39 Å². The van der Waals surface area contributed by atoms with Gasteiger partial charge in [0.2, 0.25) is 0 Å².